The highest BCUT2D eigenvalue weighted by molar-refractivity contribution is 5.97. The van der Waals surface area contributed by atoms with Crippen LogP contribution in [-0.2, 0) is 22.4 Å². The summed E-state index contributed by atoms with van der Waals surface area (Å²) in [5.41, 5.74) is 1.18. The van der Waals surface area contributed by atoms with Crippen LogP contribution in [-0.4, -0.2) is 39.8 Å². The number of fused-ring (bicyclic) bond motifs is 1. The van der Waals surface area contributed by atoms with Crippen molar-refractivity contribution in [1.82, 2.24) is 4.90 Å². The molecule has 2 amide bonds. The number of hydrogen-bond acceptors (Lipinski definition) is 4. The van der Waals surface area contributed by atoms with Gasteiger partial charge in [0.15, 0.2) is 0 Å². The summed E-state index contributed by atoms with van der Waals surface area (Å²) in [6.45, 7) is 5.30. The van der Waals surface area contributed by atoms with Crippen LogP contribution in [0.15, 0.2) is 72.8 Å². The molecule has 5 nitrogen and oxygen atoms in total. The van der Waals surface area contributed by atoms with Crippen LogP contribution in [0.4, 0.5) is 4.79 Å². The Balaban J connectivity index is 1.69. The number of carbonyl (C=O) groups is 2. The van der Waals surface area contributed by atoms with Gasteiger partial charge in [0.2, 0.25) is 5.91 Å². The maximum Gasteiger partial charge on any atom is 0.417 e. The van der Waals surface area contributed by atoms with Gasteiger partial charge in [0.1, 0.15) is 5.60 Å². The average molecular weight is 432 g/mol. The second kappa shape index (κ2) is 8.75. The molecule has 1 N–H and O–H groups in total. The van der Waals surface area contributed by atoms with Gasteiger partial charge in [-0.15, -0.1) is 0 Å². The SMILES string of the molecule is CC(C)(C)OC(=O)N1C(=O)[C@H](Cc2ccccc2)[C@H](O)[C@H]1Cc1cccc2ccccc12. The van der Waals surface area contributed by atoms with Crippen molar-refractivity contribution in [2.75, 3.05) is 0 Å². The molecule has 0 aliphatic carbocycles. The van der Waals surface area contributed by atoms with Crippen LogP contribution in [0.25, 0.3) is 10.8 Å². The molecular formula is C27H29NO4. The fraction of sp³-hybridized carbons (Fsp3) is 0.333. The van der Waals surface area contributed by atoms with Gasteiger partial charge >= 0.3 is 6.09 Å². The van der Waals surface area contributed by atoms with E-state index in [2.05, 4.69) is 0 Å². The first-order valence-electron chi connectivity index (χ1n) is 11.0. The van der Waals surface area contributed by atoms with Crippen LogP contribution in [0, 0.1) is 5.92 Å². The largest absolute Gasteiger partial charge is 0.443 e. The van der Waals surface area contributed by atoms with E-state index >= 15 is 0 Å². The van der Waals surface area contributed by atoms with E-state index in [0.29, 0.717) is 12.8 Å². The molecular weight excluding hydrogens is 402 g/mol. The molecule has 166 valence electrons. The molecule has 3 atom stereocenters. The number of likely N-dealkylation sites (tertiary alicyclic amines) is 1. The lowest BCUT2D eigenvalue weighted by atomic mass is 9.90. The van der Waals surface area contributed by atoms with Crippen LogP contribution in [0.3, 0.4) is 0 Å². The Morgan fingerprint density at radius 2 is 1.59 bits per heavy atom. The van der Waals surface area contributed by atoms with Crippen molar-refractivity contribution >= 4 is 22.8 Å². The van der Waals surface area contributed by atoms with Crippen LogP contribution < -0.4 is 0 Å². The van der Waals surface area contributed by atoms with Crippen LogP contribution in [0.2, 0.25) is 0 Å². The molecule has 1 fully saturated rings. The Labute approximate surface area is 188 Å². The maximum absolute atomic E-state index is 13.4. The third-order valence-corrected chi connectivity index (χ3v) is 5.89. The number of imide groups is 1. The third-order valence-electron chi connectivity index (χ3n) is 5.89. The number of carbonyl (C=O) groups excluding carboxylic acids is 2. The number of hydrogen-bond donors (Lipinski definition) is 1. The smallest absolute Gasteiger partial charge is 0.417 e. The van der Waals surface area contributed by atoms with Crippen LogP contribution in [0.1, 0.15) is 31.9 Å². The fourth-order valence-electron chi connectivity index (χ4n) is 4.43. The van der Waals surface area contributed by atoms with Gasteiger partial charge in [0, 0.05) is 0 Å². The van der Waals surface area contributed by atoms with Crippen molar-refractivity contribution in [3.63, 3.8) is 0 Å². The van der Waals surface area contributed by atoms with E-state index < -0.39 is 29.8 Å². The fourth-order valence-corrected chi connectivity index (χ4v) is 4.43. The monoisotopic (exact) mass is 431 g/mol. The molecule has 32 heavy (non-hydrogen) atoms. The quantitative estimate of drug-likeness (QED) is 0.648. The summed E-state index contributed by atoms with van der Waals surface area (Å²) in [6, 6.07) is 22.8. The molecule has 1 aliphatic rings. The van der Waals surface area contributed by atoms with Gasteiger partial charge < -0.3 is 9.84 Å². The molecule has 3 aromatic carbocycles. The van der Waals surface area contributed by atoms with E-state index in [1.807, 2.05) is 72.8 Å². The summed E-state index contributed by atoms with van der Waals surface area (Å²) in [5.74, 6) is -1.09. The second-order valence-electron chi connectivity index (χ2n) is 9.39. The molecule has 0 unspecified atom stereocenters. The summed E-state index contributed by atoms with van der Waals surface area (Å²) in [5, 5.41) is 13.4. The molecule has 3 aromatic rings. The topological polar surface area (TPSA) is 66.8 Å². The molecule has 1 aliphatic heterocycles. The van der Waals surface area contributed by atoms with Gasteiger partial charge in [0.05, 0.1) is 18.1 Å². The Bertz CT molecular complexity index is 1110. The molecule has 5 heteroatoms. The van der Waals surface area contributed by atoms with E-state index in [4.69, 9.17) is 4.74 Å². The highest BCUT2D eigenvalue weighted by Crippen LogP contribution is 2.33. The summed E-state index contributed by atoms with van der Waals surface area (Å²) < 4.78 is 5.55. The zero-order valence-electron chi connectivity index (χ0n) is 18.7. The Morgan fingerprint density at radius 3 is 2.31 bits per heavy atom. The van der Waals surface area contributed by atoms with Crippen molar-refractivity contribution in [3.05, 3.63) is 83.9 Å². The summed E-state index contributed by atoms with van der Waals surface area (Å²) in [4.78, 5) is 27.6. The molecule has 0 bridgehead atoms. The molecule has 0 spiro atoms. The first-order valence-corrected chi connectivity index (χ1v) is 11.0. The van der Waals surface area contributed by atoms with Gasteiger partial charge in [-0.2, -0.15) is 0 Å². The number of aliphatic hydroxyl groups excluding tert-OH is 1. The normalized spacial score (nSPS) is 21.2. The molecule has 0 saturated carbocycles. The Hall–Kier alpha value is -3.18. The van der Waals surface area contributed by atoms with Gasteiger partial charge in [-0.05, 0) is 55.5 Å². The maximum atomic E-state index is 13.4. The minimum absolute atomic E-state index is 0.360. The van der Waals surface area contributed by atoms with Crippen LogP contribution in [0.5, 0.6) is 0 Å². The van der Waals surface area contributed by atoms with Crippen molar-refractivity contribution in [1.29, 1.82) is 0 Å². The predicted octanol–water partition coefficient (Wildman–Crippen LogP) is 4.75. The van der Waals surface area contributed by atoms with Crippen molar-refractivity contribution in [2.24, 2.45) is 5.92 Å². The van der Waals surface area contributed by atoms with E-state index in [1.54, 1.807) is 20.8 Å². The lowest BCUT2D eigenvalue weighted by Gasteiger charge is -2.28. The molecule has 4 rings (SSSR count). The number of ether oxygens (including phenoxy) is 1. The molecule has 1 heterocycles. The zero-order chi connectivity index (χ0) is 22.9. The first-order chi connectivity index (χ1) is 15.2. The lowest BCUT2D eigenvalue weighted by molar-refractivity contribution is -0.131. The number of benzene rings is 3. The van der Waals surface area contributed by atoms with Gasteiger partial charge in [-0.3, -0.25) is 4.79 Å². The Morgan fingerprint density at radius 1 is 0.938 bits per heavy atom. The standard InChI is InChI=1S/C27H29NO4/c1-27(2,3)32-26(31)28-23(17-20-14-9-13-19-12-7-8-15-21(19)20)24(29)22(25(28)30)16-18-10-5-4-6-11-18/h4-15,22-24,29H,16-17H2,1-3H3/t22-,23-,24+/m1/s1. The molecule has 0 radical (unpaired) electrons. The van der Waals surface area contributed by atoms with Crippen LogP contribution >= 0.6 is 0 Å². The Kier molecular flexibility index (Phi) is 6.02. The average Bonchev–Trinajstić information content (AvgIpc) is 2.98. The highest BCUT2D eigenvalue weighted by Gasteiger charge is 2.51. The minimum atomic E-state index is -0.991. The van der Waals surface area contributed by atoms with Gasteiger partial charge in [-0.25, -0.2) is 9.69 Å². The van der Waals surface area contributed by atoms with Crippen molar-refractivity contribution in [3.8, 4) is 0 Å². The lowest BCUT2D eigenvalue weighted by Crippen LogP contribution is -2.45. The van der Waals surface area contributed by atoms with Gasteiger partial charge in [0.25, 0.3) is 0 Å². The third kappa shape index (κ3) is 4.53. The highest BCUT2D eigenvalue weighted by atomic mass is 16.6. The van der Waals surface area contributed by atoms with E-state index in [1.165, 1.54) is 0 Å². The summed E-state index contributed by atoms with van der Waals surface area (Å²) in [6.07, 6.45) is -0.970. The first kappa shape index (κ1) is 22.0. The number of aliphatic hydroxyl groups is 1. The minimum Gasteiger partial charge on any atom is -0.443 e. The summed E-state index contributed by atoms with van der Waals surface area (Å²) in [7, 11) is 0. The molecule has 1 saturated heterocycles. The van der Waals surface area contributed by atoms with E-state index in [-0.39, 0.29) is 5.91 Å². The zero-order valence-corrected chi connectivity index (χ0v) is 18.7. The summed E-state index contributed by atoms with van der Waals surface area (Å²) >= 11 is 0. The number of rotatable bonds is 4. The van der Waals surface area contributed by atoms with E-state index in [9.17, 15) is 14.7 Å². The molecule has 0 aromatic heterocycles. The van der Waals surface area contributed by atoms with Crippen molar-refractivity contribution < 1.29 is 19.4 Å². The number of amides is 2. The van der Waals surface area contributed by atoms with Crippen molar-refractivity contribution in [2.45, 2.75) is 51.4 Å². The van der Waals surface area contributed by atoms with Gasteiger partial charge in [-0.1, -0.05) is 72.8 Å². The van der Waals surface area contributed by atoms with E-state index in [0.717, 1.165) is 26.8 Å². The predicted molar refractivity (Wildman–Crippen MR) is 124 cm³/mol. The number of nitrogens with zero attached hydrogens (tertiary/aromatic N) is 1. The second-order valence-corrected chi connectivity index (χ2v) is 9.39.